The molecule has 0 fully saturated rings. The van der Waals surface area contributed by atoms with Crippen LogP contribution in [0.15, 0.2) is 42.7 Å². The van der Waals surface area contributed by atoms with Crippen molar-refractivity contribution >= 4 is 33.3 Å². The SMILES string of the molecule is COc1cc2ncnc(Oc3ccc(CC(=O)Nc4nc(C)c(C)s4)cc3)c2cc1OC. The first-order valence-electron chi connectivity index (χ1n) is 9.84. The Labute approximate surface area is 189 Å². The van der Waals surface area contributed by atoms with Gasteiger partial charge in [-0.05, 0) is 37.6 Å². The maximum atomic E-state index is 12.3. The number of aryl methyl sites for hydroxylation is 2. The molecule has 2 heterocycles. The first-order valence-corrected chi connectivity index (χ1v) is 10.7. The minimum Gasteiger partial charge on any atom is -0.493 e. The van der Waals surface area contributed by atoms with Crippen LogP contribution in [0.1, 0.15) is 16.1 Å². The maximum absolute atomic E-state index is 12.3. The van der Waals surface area contributed by atoms with E-state index in [2.05, 4.69) is 20.3 Å². The molecule has 0 aliphatic rings. The summed E-state index contributed by atoms with van der Waals surface area (Å²) in [5.41, 5.74) is 2.47. The lowest BCUT2D eigenvalue weighted by molar-refractivity contribution is -0.115. The number of fused-ring (bicyclic) bond motifs is 1. The third kappa shape index (κ3) is 4.62. The molecule has 4 rings (SSSR count). The zero-order valence-corrected chi connectivity index (χ0v) is 18.9. The van der Waals surface area contributed by atoms with Crippen molar-refractivity contribution in [2.75, 3.05) is 19.5 Å². The molecule has 0 aliphatic carbocycles. The molecule has 1 N–H and O–H groups in total. The second-order valence-corrected chi connectivity index (χ2v) is 8.24. The van der Waals surface area contributed by atoms with Crippen LogP contribution in [0.3, 0.4) is 0 Å². The molecule has 0 radical (unpaired) electrons. The molecule has 0 spiro atoms. The average Bonchev–Trinajstić information content (AvgIpc) is 3.10. The molecule has 0 saturated carbocycles. The highest BCUT2D eigenvalue weighted by Gasteiger charge is 2.13. The smallest absolute Gasteiger partial charge is 0.230 e. The summed E-state index contributed by atoms with van der Waals surface area (Å²) >= 11 is 1.47. The Balaban J connectivity index is 1.47. The van der Waals surface area contributed by atoms with E-state index >= 15 is 0 Å². The van der Waals surface area contributed by atoms with Crippen molar-refractivity contribution in [3.05, 3.63) is 58.9 Å². The molecular weight excluding hydrogens is 428 g/mol. The first kappa shape index (κ1) is 21.5. The van der Waals surface area contributed by atoms with Gasteiger partial charge in [0.1, 0.15) is 12.1 Å². The van der Waals surface area contributed by atoms with Gasteiger partial charge in [0.2, 0.25) is 11.8 Å². The number of thiazole rings is 1. The predicted octanol–water partition coefficient (Wildman–Crippen LogP) is 4.69. The number of anilines is 1. The van der Waals surface area contributed by atoms with Gasteiger partial charge in [-0.1, -0.05) is 12.1 Å². The molecule has 0 bridgehead atoms. The van der Waals surface area contributed by atoms with Crippen LogP contribution in [0.5, 0.6) is 23.1 Å². The number of benzene rings is 2. The number of nitrogens with zero attached hydrogens (tertiary/aromatic N) is 3. The normalized spacial score (nSPS) is 10.8. The van der Waals surface area contributed by atoms with E-state index in [0.29, 0.717) is 39.2 Å². The summed E-state index contributed by atoms with van der Waals surface area (Å²) in [4.78, 5) is 26.3. The van der Waals surface area contributed by atoms with Gasteiger partial charge in [0.15, 0.2) is 16.6 Å². The van der Waals surface area contributed by atoms with Gasteiger partial charge in [-0.15, -0.1) is 11.3 Å². The highest BCUT2D eigenvalue weighted by atomic mass is 32.1. The van der Waals surface area contributed by atoms with Gasteiger partial charge >= 0.3 is 0 Å². The van der Waals surface area contributed by atoms with Crippen LogP contribution < -0.4 is 19.5 Å². The van der Waals surface area contributed by atoms with E-state index in [1.807, 2.05) is 26.0 Å². The van der Waals surface area contributed by atoms with Crippen LogP contribution in [-0.2, 0) is 11.2 Å². The van der Waals surface area contributed by atoms with E-state index in [4.69, 9.17) is 14.2 Å². The number of nitrogens with one attached hydrogen (secondary N) is 1. The van der Waals surface area contributed by atoms with E-state index in [1.54, 1.807) is 38.5 Å². The zero-order chi connectivity index (χ0) is 22.7. The molecule has 32 heavy (non-hydrogen) atoms. The third-order valence-corrected chi connectivity index (χ3v) is 5.87. The van der Waals surface area contributed by atoms with Crippen LogP contribution in [0.2, 0.25) is 0 Å². The average molecular weight is 451 g/mol. The summed E-state index contributed by atoms with van der Waals surface area (Å²) in [6.07, 6.45) is 1.68. The number of rotatable bonds is 7. The lowest BCUT2D eigenvalue weighted by atomic mass is 10.1. The fourth-order valence-corrected chi connectivity index (χ4v) is 3.93. The number of methoxy groups -OCH3 is 2. The topological polar surface area (TPSA) is 95.5 Å². The van der Waals surface area contributed by atoms with Crippen LogP contribution in [0.25, 0.3) is 10.9 Å². The fraction of sp³-hybridized carbons (Fsp3) is 0.217. The van der Waals surface area contributed by atoms with Crippen LogP contribution in [-0.4, -0.2) is 35.1 Å². The summed E-state index contributed by atoms with van der Waals surface area (Å²) in [5.74, 6) is 2.02. The molecule has 0 atom stereocenters. The highest BCUT2D eigenvalue weighted by Crippen LogP contribution is 2.35. The van der Waals surface area contributed by atoms with Crippen molar-refractivity contribution in [3.8, 4) is 23.1 Å². The molecule has 0 aliphatic heterocycles. The molecular formula is C23H22N4O4S. The Kier molecular flexibility index (Phi) is 6.18. The van der Waals surface area contributed by atoms with Gasteiger partial charge in [0.25, 0.3) is 0 Å². The van der Waals surface area contributed by atoms with Gasteiger partial charge < -0.3 is 19.5 Å². The summed E-state index contributed by atoms with van der Waals surface area (Å²) in [6, 6.07) is 10.9. The molecule has 164 valence electrons. The third-order valence-electron chi connectivity index (χ3n) is 4.88. The minimum absolute atomic E-state index is 0.116. The second kappa shape index (κ2) is 9.19. The van der Waals surface area contributed by atoms with E-state index in [0.717, 1.165) is 16.1 Å². The van der Waals surface area contributed by atoms with Crippen molar-refractivity contribution < 1.29 is 19.0 Å². The van der Waals surface area contributed by atoms with Crippen molar-refractivity contribution in [1.82, 2.24) is 15.0 Å². The standard InChI is InChI=1S/C23H22N4O4S/c1-13-14(2)32-23(26-13)27-21(28)9-15-5-7-16(8-6-15)31-22-17-10-19(29-3)20(30-4)11-18(17)24-12-25-22/h5-8,10-12H,9H2,1-4H3,(H,26,27,28). The quantitative estimate of drug-likeness (QED) is 0.436. The van der Waals surface area contributed by atoms with Crippen molar-refractivity contribution in [2.45, 2.75) is 20.3 Å². The molecule has 2 aromatic heterocycles. The number of hydrogen-bond donors (Lipinski definition) is 1. The zero-order valence-electron chi connectivity index (χ0n) is 18.1. The molecule has 0 saturated heterocycles. The molecule has 8 nitrogen and oxygen atoms in total. The lowest BCUT2D eigenvalue weighted by Crippen LogP contribution is -2.14. The number of aromatic nitrogens is 3. The van der Waals surface area contributed by atoms with Gasteiger partial charge in [-0.25, -0.2) is 15.0 Å². The van der Waals surface area contributed by atoms with Crippen molar-refractivity contribution in [2.24, 2.45) is 0 Å². The number of carbonyl (C=O) groups excluding carboxylic acids is 1. The fourth-order valence-electron chi connectivity index (χ4n) is 3.10. The second-order valence-electron chi connectivity index (χ2n) is 7.03. The lowest BCUT2D eigenvalue weighted by Gasteiger charge is -2.11. The van der Waals surface area contributed by atoms with Gasteiger partial charge in [-0.3, -0.25) is 4.79 Å². The largest absolute Gasteiger partial charge is 0.493 e. The first-order chi connectivity index (χ1) is 15.5. The Morgan fingerprint density at radius 1 is 1.03 bits per heavy atom. The summed E-state index contributed by atoms with van der Waals surface area (Å²) < 4.78 is 16.7. The van der Waals surface area contributed by atoms with Crippen LogP contribution in [0, 0.1) is 13.8 Å². The molecule has 4 aromatic rings. The van der Waals surface area contributed by atoms with E-state index < -0.39 is 0 Å². The number of carbonyl (C=O) groups is 1. The van der Waals surface area contributed by atoms with Crippen molar-refractivity contribution in [3.63, 3.8) is 0 Å². The van der Waals surface area contributed by atoms with Crippen LogP contribution in [0.4, 0.5) is 5.13 Å². The van der Waals surface area contributed by atoms with Gasteiger partial charge in [-0.2, -0.15) is 0 Å². The van der Waals surface area contributed by atoms with Crippen LogP contribution >= 0.6 is 11.3 Å². The number of amides is 1. The molecule has 0 unspecified atom stereocenters. The predicted molar refractivity (Wildman–Crippen MR) is 123 cm³/mol. The van der Waals surface area contributed by atoms with Gasteiger partial charge in [0, 0.05) is 10.9 Å². The Hall–Kier alpha value is -3.72. The maximum Gasteiger partial charge on any atom is 0.230 e. The van der Waals surface area contributed by atoms with E-state index in [9.17, 15) is 4.79 Å². The van der Waals surface area contributed by atoms with E-state index in [1.165, 1.54) is 17.7 Å². The van der Waals surface area contributed by atoms with E-state index in [-0.39, 0.29) is 12.3 Å². The Bertz CT molecular complexity index is 1250. The minimum atomic E-state index is -0.116. The monoisotopic (exact) mass is 450 g/mol. The highest BCUT2D eigenvalue weighted by molar-refractivity contribution is 7.15. The number of hydrogen-bond acceptors (Lipinski definition) is 8. The molecule has 1 amide bonds. The van der Waals surface area contributed by atoms with Gasteiger partial charge in [0.05, 0.1) is 37.2 Å². The Morgan fingerprint density at radius 2 is 1.75 bits per heavy atom. The number of ether oxygens (including phenoxy) is 3. The summed E-state index contributed by atoms with van der Waals surface area (Å²) in [7, 11) is 3.14. The molecule has 2 aromatic carbocycles. The molecule has 9 heteroatoms. The summed E-state index contributed by atoms with van der Waals surface area (Å²) in [6.45, 7) is 3.91. The van der Waals surface area contributed by atoms with Crippen molar-refractivity contribution in [1.29, 1.82) is 0 Å². The Morgan fingerprint density at radius 3 is 2.41 bits per heavy atom. The summed E-state index contributed by atoms with van der Waals surface area (Å²) in [5, 5.41) is 4.16.